The zero-order chi connectivity index (χ0) is 22.4. The molecule has 1 aliphatic rings. The van der Waals surface area contributed by atoms with E-state index in [4.69, 9.17) is 0 Å². The SMILES string of the molecule is O=C(Cc1ccc(S(=O)(=O)N2CCCCC2)cc1)NCc1ccc(Cn2cccn2)cc1. The van der Waals surface area contributed by atoms with E-state index in [1.165, 1.54) is 0 Å². The van der Waals surface area contributed by atoms with Crippen LogP contribution in [-0.4, -0.2) is 41.5 Å². The Balaban J connectivity index is 1.27. The van der Waals surface area contributed by atoms with Gasteiger partial charge in [-0.3, -0.25) is 9.48 Å². The highest BCUT2D eigenvalue weighted by Crippen LogP contribution is 2.21. The molecule has 2 heterocycles. The maximum Gasteiger partial charge on any atom is 0.243 e. The van der Waals surface area contributed by atoms with E-state index in [9.17, 15) is 13.2 Å². The van der Waals surface area contributed by atoms with Crippen molar-refractivity contribution < 1.29 is 13.2 Å². The van der Waals surface area contributed by atoms with Crippen molar-refractivity contribution in [1.82, 2.24) is 19.4 Å². The van der Waals surface area contributed by atoms with Crippen molar-refractivity contribution in [3.8, 4) is 0 Å². The Kier molecular flexibility index (Phi) is 7.02. The lowest BCUT2D eigenvalue weighted by atomic mass is 10.1. The van der Waals surface area contributed by atoms with Crippen LogP contribution in [0.1, 0.15) is 36.0 Å². The lowest BCUT2D eigenvalue weighted by Gasteiger charge is -2.25. The molecule has 0 atom stereocenters. The van der Waals surface area contributed by atoms with Crippen LogP contribution in [0.2, 0.25) is 0 Å². The number of sulfonamides is 1. The summed E-state index contributed by atoms with van der Waals surface area (Å²) in [5, 5.41) is 7.13. The van der Waals surface area contributed by atoms with Crippen LogP contribution in [0.15, 0.2) is 71.9 Å². The van der Waals surface area contributed by atoms with Crippen LogP contribution in [-0.2, 0) is 34.3 Å². The second kappa shape index (κ2) is 10.1. The van der Waals surface area contributed by atoms with E-state index in [-0.39, 0.29) is 12.3 Å². The number of carbonyl (C=O) groups is 1. The van der Waals surface area contributed by atoms with Crippen LogP contribution < -0.4 is 5.32 Å². The van der Waals surface area contributed by atoms with Gasteiger partial charge in [0.1, 0.15) is 0 Å². The quantitative estimate of drug-likeness (QED) is 0.570. The predicted molar refractivity (Wildman–Crippen MR) is 122 cm³/mol. The summed E-state index contributed by atoms with van der Waals surface area (Å²) in [5.74, 6) is -0.0998. The summed E-state index contributed by atoms with van der Waals surface area (Å²) in [5.41, 5.74) is 2.95. The van der Waals surface area contributed by atoms with Gasteiger partial charge < -0.3 is 5.32 Å². The van der Waals surface area contributed by atoms with Crippen LogP contribution in [0, 0.1) is 0 Å². The van der Waals surface area contributed by atoms with E-state index in [0.29, 0.717) is 31.1 Å². The molecule has 0 bridgehead atoms. The van der Waals surface area contributed by atoms with E-state index in [0.717, 1.165) is 36.0 Å². The molecular formula is C24H28N4O3S. The van der Waals surface area contributed by atoms with Crippen molar-refractivity contribution in [2.24, 2.45) is 0 Å². The molecule has 2 aromatic carbocycles. The molecule has 32 heavy (non-hydrogen) atoms. The van der Waals surface area contributed by atoms with E-state index in [2.05, 4.69) is 10.4 Å². The van der Waals surface area contributed by atoms with E-state index >= 15 is 0 Å². The fourth-order valence-electron chi connectivity index (χ4n) is 3.83. The topological polar surface area (TPSA) is 84.3 Å². The molecule has 1 N–H and O–H groups in total. The van der Waals surface area contributed by atoms with Crippen LogP contribution in [0.5, 0.6) is 0 Å². The average molecular weight is 453 g/mol. The second-order valence-electron chi connectivity index (χ2n) is 8.08. The van der Waals surface area contributed by atoms with Crippen LogP contribution in [0.25, 0.3) is 0 Å². The lowest BCUT2D eigenvalue weighted by molar-refractivity contribution is -0.120. The summed E-state index contributed by atoms with van der Waals surface area (Å²) in [6.45, 7) is 2.32. The molecule has 8 heteroatoms. The normalized spacial score (nSPS) is 14.9. The zero-order valence-corrected chi connectivity index (χ0v) is 18.8. The predicted octanol–water partition coefficient (Wildman–Crippen LogP) is 2.96. The first-order valence-corrected chi connectivity index (χ1v) is 12.4. The summed E-state index contributed by atoms with van der Waals surface area (Å²) in [4.78, 5) is 12.6. The minimum absolute atomic E-state index is 0.0998. The molecule has 1 aromatic heterocycles. The Morgan fingerprint density at radius 1 is 0.906 bits per heavy atom. The van der Waals surface area contributed by atoms with Crippen molar-refractivity contribution in [2.45, 2.75) is 43.7 Å². The molecule has 0 unspecified atom stereocenters. The maximum absolute atomic E-state index is 12.7. The molecule has 4 rings (SSSR count). The van der Waals surface area contributed by atoms with Crippen LogP contribution in [0.4, 0.5) is 0 Å². The summed E-state index contributed by atoms with van der Waals surface area (Å²) in [7, 11) is -3.45. The molecule has 3 aromatic rings. The van der Waals surface area contributed by atoms with Gasteiger partial charge in [-0.25, -0.2) is 8.42 Å². The van der Waals surface area contributed by atoms with Crippen molar-refractivity contribution in [3.05, 3.63) is 83.7 Å². The van der Waals surface area contributed by atoms with Crippen LogP contribution in [0.3, 0.4) is 0 Å². The monoisotopic (exact) mass is 452 g/mol. The fraction of sp³-hybridized carbons (Fsp3) is 0.333. The number of aromatic nitrogens is 2. The number of benzene rings is 2. The Hall–Kier alpha value is -2.97. The average Bonchev–Trinajstić information content (AvgIpc) is 3.33. The van der Waals surface area contributed by atoms with Crippen molar-refractivity contribution in [3.63, 3.8) is 0 Å². The summed E-state index contributed by atoms with van der Waals surface area (Å²) < 4.78 is 28.9. The standard InChI is InChI=1S/C24H28N4O3S/c29-24(25-18-21-5-7-22(8-6-21)19-27-14-4-13-26-27)17-20-9-11-23(12-10-20)32(30,31)28-15-2-1-3-16-28/h4-14H,1-3,15-19H2,(H,25,29). The number of carbonyl (C=O) groups excluding carboxylic acids is 1. The number of rotatable bonds is 8. The van der Waals surface area contributed by atoms with Gasteiger partial charge in [-0.2, -0.15) is 9.40 Å². The molecule has 0 radical (unpaired) electrons. The Morgan fingerprint density at radius 2 is 1.56 bits per heavy atom. The summed E-state index contributed by atoms with van der Waals surface area (Å²) in [6.07, 6.45) is 6.78. The Bertz CT molecular complexity index is 1120. The molecule has 0 aliphatic carbocycles. The Labute approximate surface area is 189 Å². The van der Waals surface area contributed by atoms with Gasteiger partial charge in [-0.05, 0) is 47.7 Å². The molecule has 0 spiro atoms. The molecule has 1 amide bonds. The third-order valence-electron chi connectivity index (χ3n) is 5.66. The molecule has 0 saturated carbocycles. The van der Waals surface area contributed by atoms with Crippen molar-refractivity contribution in [2.75, 3.05) is 13.1 Å². The number of hydrogen-bond acceptors (Lipinski definition) is 4. The molecule has 1 saturated heterocycles. The largest absolute Gasteiger partial charge is 0.352 e. The molecule has 7 nitrogen and oxygen atoms in total. The van der Waals surface area contributed by atoms with Gasteiger partial charge in [0.15, 0.2) is 0 Å². The fourth-order valence-corrected chi connectivity index (χ4v) is 5.34. The van der Waals surface area contributed by atoms with Gasteiger partial charge in [-0.1, -0.05) is 42.8 Å². The number of piperidine rings is 1. The molecule has 168 valence electrons. The first kappa shape index (κ1) is 22.2. The first-order chi connectivity index (χ1) is 15.5. The first-order valence-electron chi connectivity index (χ1n) is 10.9. The number of amides is 1. The molecular weight excluding hydrogens is 424 g/mol. The smallest absolute Gasteiger partial charge is 0.243 e. The Morgan fingerprint density at radius 3 is 2.22 bits per heavy atom. The molecule has 1 fully saturated rings. The van der Waals surface area contributed by atoms with Crippen LogP contribution >= 0.6 is 0 Å². The third-order valence-corrected chi connectivity index (χ3v) is 7.57. The van der Waals surface area contributed by atoms with Gasteiger partial charge in [0.05, 0.1) is 17.9 Å². The van der Waals surface area contributed by atoms with Gasteiger partial charge >= 0.3 is 0 Å². The minimum atomic E-state index is -3.45. The number of hydrogen-bond donors (Lipinski definition) is 1. The number of nitrogens with zero attached hydrogens (tertiary/aromatic N) is 3. The highest BCUT2D eigenvalue weighted by atomic mass is 32.2. The van der Waals surface area contributed by atoms with Crippen molar-refractivity contribution in [1.29, 1.82) is 0 Å². The zero-order valence-electron chi connectivity index (χ0n) is 18.0. The van der Waals surface area contributed by atoms with E-state index in [1.807, 2.05) is 41.2 Å². The van der Waals surface area contributed by atoms with Gasteiger partial charge in [0, 0.05) is 32.0 Å². The van der Waals surface area contributed by atoms with E-state index < -0.39 is 10.0 Å². The summed E-state index contributed by atoms with van der Waals surface area (Å²) >= 11 is 0. The highest BCUT2D eigenvalue weighted by Gasteiger charge is 2.25. The van der Waals surface area contributed by atoms with E-state index in [1.54, 1.807) is 34.8 Å². The minimum Gasteiger partial charge on any atom is -0.352 e. The summed E-state index contributed by atoms with van der Waals surface area (Å²) in [6, 6.07) is 16.6. The second-order valence-corrected chi connectivity index (χ2v) is 10.0. The van der Waals surface area contributed by atoms with Gasteiger partial charge in [-0.15, -0.1) is 0 Å². The lowest BCUT2D eigenvalue weighted by Crippen LogP contribution is -2.35. The number of nitrogens with one attached hydrogen (secondary N) is 1. The molecule has 1 aliphatic heterocycles. The maximum atomic E-state index is 12.7. The third kappa shape index (κ3) is 5.63. The van der Waals surface area contributed by atoms with Gasteiger partial charge in [0.2, 0.25) is 15.9 Å². The van der Waals surface area contributed by atoms with Gasteiger partial charge in [0.25, 0.3) is 0 Å². The highest BCUT2D eigenvalue weighted by molar-refractivity contribution is 7.89. The van der Waals surface area contributed by atoms with Crippen molar-refractivity contribution >= 4 is 15.9 Å².